The third kappa shape index (κ3) is 5.86. The maximum absolute atomic E-state index is 13.5. The Morgan fingerprint density at radius 1 is 1.05 bits per heavy atom. The molecule has 0 spiro atoms. The second kappa shape index (κ2) is 10.8. The SMILES string of the molecule is CC(C)n1nccc1C(=O)N[C@H](C(=O)Nc1ccc(-c2ncn(C)c2C(F)(F)F)cc1)C1CCCCC1. The van der Waals surface area contributed by atoms with Crippen LogP contribution >= 0.6 is 0 Å². The Morgan fingerprint density at radius 2 is 1.73 bits per heavy atom. The zero-order valence-corrected chi connectivity index (χ0v) is 21.0. The van der Waals surface area contributed by atoms with Crippen LogP contribution in [0.1, 0.15) is 68.2 Å². The summed E-state index contributed by atoms with van der Waals surface area (Å²) in [7, 11) is 1.29. The van der Waals surface area contributed by atoms with Gasteiger partial charge in [0.1, 0.15) is 17.4 Å². The normalized spacial score (nSPS) is 15.5. The molecule has 0 bridgehead atoms. The number of benzene rings is 1. The first-order chi connectivity index (χ1) is 17.6. The number of rotatable bonds is 7. The van der Waals surface area contributed by atoms with Crippen LogP contribution in [0.5, 0.6) is 0 Å². The van der Waals surface area contributed by atoms with Gasteiger partial charge in [0.2, 0.25) is 5.91 Å². The molecule has 2 heterocycles. The molecule has 1 atom stereocenters. The predicted molar refractivity (Wildman–Crippen MR) is 133 cm³/mol. The summed E-state index contributed by atoms with van der Waals surface area (Å²) in [5.74, 6) is -0.755. The van der Waals surface area contributed by atoms with Crippen LogP contribution in [-0.4, -0.2) is 37.2 Å². The minimum Gasteiger partial charge on any atom is -0.339 e. The Morgan fingerprint density at radius 3 is 2.35 bits per heavy atom. The second-order valence-corrected chi connectivity index (χ2v) is 9.72. The molecule has 1 aliphatic rings. The fourth-order valence-electron chi connectivity index (χ4n) is 4.89. The summed E-state index contributed by atoms with van der Waals surface area (Å²) >= 11 is 0. The molecule has 1 saturated carbocycles. The number of imidazole rings is 1. The lowest BCUT2D eigenvalue weighted by molar-refractivity contribution is -0.142. The Kier molecular flexibility index (Phi) is 7.70. The number of halogens is 3. The van der Waals surface area contributed by atoms with E-state index < -0.39 is 17.9 Å². The number of nitrogens with zero attached hydrogens (tertiary/aromatic N) is 4. The lowest BCUT2D eigenvalue weighted by atomic mass is 9.83. The van der Waals surface area contributed by atoms with E-state index in [9.17, 15) is 22.8 Å². The topological polar surface area (TPSA) is 93.8 Å². The highest BCUT2D eigenvalue weighted by molar-refractivity contribution is 6.00. The molecule has 0 saturated heterocycles. The number of carbonyl (C=O) groups excluding carboxylic acids is 2. The average molecular weight is 517 g/mol. The van der Waals surface area contributed by atoms with E-state index in [2.05, 4.69) is 20.7 Å². The first-order valence-corrected chi connectivity index (χ1v) is 12.4. The summed E-state index contributed by atoms with van der Waals surface area (Å²) in [5.41, 5.74) is 0.0568. The van der Waals surface area contributed by atoms with Crippen molar-refractivity contribution in [1.29, 1.82) is 0 Å². The Labute approximate surface area is 213 Å². The molecule has 37 heavy (non-hydrogen) atoms. The number of alkyl halides is 3. The monoisotopic (exact) mass is 516 g/mol. The van der Waals surface area contributed by atoms with Gasteiger partial charge in [0.15, 0.2) is 5.69 Å². The van der Waals surface area contributed by atoms with Crippen molar-refractivity contribution in [2.24, 2.45) is 13.0 Å². The molecule has 2 aromatic heterocycles. The summed E-state index contributed by atoms with van der Waals surface area (Å²) in [6, 6.07) is 6.90. The molecule has 2 N–H and O–H groups in total. The molecule has 1 aliphatic carbocycles. The highest BCUT2D eigenvalue weighted by Gasteiger charge is 2.38. The standard InChI is InChI=1S/C26H31F3N6O2/c1-16(2)35-20(13-14-31-35)24(36)33-22(17-7-5-4-6-8-17)25(37)32-19-11-9-18(10-12-19)21-23(26(27,28)29)34(3)15-30-21/h9-17,22H,4-8H2,1-3H3,(H,32,37)(H,33,36)/t22-/m0/s1. The van der Waals surface area contributed by atoms with E-state index >= 15 is 0 Å². The van der Waals surface area contributed by atoms with Crippen molar-refractivity contribution in [1.82, 2.24) is 24.6 Å². The molecular formula is C26H31F3N6O2. The molecule has 3 aromatic rings. The number of aromatic nitrogens is 4. The molecule has 1 aromatic carbocycles. The largest absolute Gasteiger partial charge is 0.433 e. The van der Waals surface area contributed by atoms with Gasteiger partial charge in [-0.05, 0) is 50.8 Å². The molecule has 0 unspecified atom stereocenters. The van der Waals surface area contributed by atoms with Gasteiger partial charge in [0, 0.05) is 30.5 Å². The summed E-state index contributed by atoms with van der Waals surface area (Å²) in [6.45, 7) is 3.84. The smallest absolute Gasteiger partial charge is 0.339 e. The highest BCUT2D eigenvalue weighted by Crippen LogP contribution is 2.36. The number of nitrogens with one attached hydrogen (secondary N) is 2. The highest BCUT2D eigenvalue weighted by atomic mass is 19.4. The van der Waals surface area contributed by atoms with Crippen molar-refractivity contribution < 1.29 is 22.8 Å². The number of anilines is 1. The van der Waals surface area contributed by atoms with Crippen LogP contribution in [0.4, 0.5) is 18.9 Å². The molecule has 8 nitrogen and oxygen atoms in total. The summed E-state index contributed by atoms with van der Waals surface area (Å²) in [5, 5.41) is 9.95. The fraction of sp³-hybridized carbons (Fsp3) is 0.462. The predicted octanol–water partition coefficient (Wildman–Crippen LogP) is 5.20. The summed E-state index contributed by atoms with van der Waals surface area (Å²) < 4.78 is 42.9. The molecule has 198 valence electrons. The van der Waals surface area contributed by atoms with Crippen molar-refractivity contribution in [3.63, 3.8) is 0 Å². The molecule has 1 fully saturated rings. The number of carbonyl (C=O) groups is 2. The first-order valence-electron chi connectivity index (χ1n) is 12.4. The average Bonchev–Trinajstić information content (AvgIpc) is 3.50. The van der Waals surface area contributed by atoms with Crippen LogP contribution in [0.2, 0.25) is 0 Å². The number of amides is 2. The van der Waals surface area contributed by atoms with E-state index in [1.165, 1.54) is 31.3 Å². The molecule has 4 rings (SSSR count). The fourth-order valence-corrected chi connectivity index (χ4v) is 4.89. The Balaban J connectivity index is 1.53. The van der Waals surface area contributed by atoms with E-state index in [4.69, 9.17) is 0 Å². The molecular weight excluding hydrogens is 485 g/mol. The van der Waals surface area contributed by atoms with Gasteiger partial charge in [0.05, 0.1) is 6.33 Å². The van der Waals surface area contributed by atoms with Gasteiger partial charge in [-0.1, -0.05) is 31.4 Å². The summed E-state index contributed by atoms with van der Waals surface area (Å²) in [4.78, 5) is 30.4. The maximum atomic E-state index is 13.5. The van der Waals surface area contributed by atoms with Crippen LogP contribution in [0.15, 0.2) is 42.9 Å². The van der Waals surface area contributed by atoms with Crippen molar-refractivity contribution in [2.75, 3.05) is 5.32 Å². The minimum absolute atomic E-state index is 0.0183. The quantitative estimate of drug-likeness (QED) is 0.451. The lowest BCUT2D eigenvalue weighted by Gasteiger charge is -2.30. The second-order valence-electron chi connectivity index (χ2n) is 9.72. The van der Waals surface area contributed by atoms with Crippen molar-refractivity contribution in [3.05, 3.63) is 54.2 Å². The van der Waals surface area contributed by atoms with E-state index in [0.717, 1.165) is 43.0 Å². The first kappa shape index (κ1) is 26.4. The molecule has 11 heteroatoms. The van der Waals surface area contributed by atoms with Crippen molar-refractivity contribution in [2.45, 2.75) is 64.2 Å². The molecule has 2 amide bonds. The third-order valence-corrected chi connectivity index (χ3v) is 6.71. The van der Waals surface area contributed by atoms with E-state index in [-0.39, 0.29) is 35.0 Å². The van der Waals surface area contributed by atoms with Gasteiger partial charge in [-0.15, -0.1) is 0 Å². The van der Waals surface area contributed by atoms with Crippen molar-refractivity contribution in [3.8, 4) is 11.3 Å². The minimum atomic E-state index is -4.55. The van der Waals surface area contributed by atoms with Gasteiger partial charge in [-0.25, -0.2) is 4.98 Å². The maximum Gasteiger partial charge on any atom is 0.433 e. The van der Waals surface area contributed by atoms with Crippen LogP contribution in [-0.2, 0) is 18.0 Å². The van der Waals surface area contributed by atoms with Gasteiger partial charge < -0.3 is 15.2 Å². The van der Waals surface area contributed by atoms with Gasteiger partial charge >= 0.3 is 6.18 Å². The van der Waals surface area contributed by atoms with E-state index in [0.29, 0.717) is 11.4 Å². The molecule has 0 radical (unpaired) electrons. The van der Waals surface area contributed by atoms with E-state index in [1.54, 1.807) is 16.9 Å². The van der Waals surface area contributed by atoms with Gasteiger partial charge in [-0.3, -0.25) is 14.3 Å². The third-order valence-electron chi connectivity index (χ3n) is 6.71. The summed E-state index contributed by atoms with van der Waals surface area (Å²) in [6.07, 6.45) is 2.82. The zero-order chi connectivity index (χ0) is 26.7. The van der Waals surface area contributed by atoms with Crippen LogP contribution in [0.25, 0.3) is 11.3 Å². The van der Waals surface area contributed by atoms with Crippen LogP contribution in [0.3, 0.4) is 0 Å². The van der Waals surface area contributed by atoms with Crippen LogP contribution < -0.4 is 10.6 Å². The van der Waals surface area contributed by atoms with Crippen molar-refractivity contribution >= 4 is 17.5 Å². The Hall–Kier alpha value is -3.63. The number of aryl methyl sites for hydroxylation is 1. The number of hydrogen-bond acceptors (Lipinski definition) is 4. The zero-order valence-electron chi connectivity index (χ0n) is 21.0. The van der Waals surface area contributed by atoms with E-state index in [1.807, 2.05) is 13.8 Å². The number of hydrogen-bond donors (Lipinski definition) is 2. The van der Waals surface area contributed by atoms with Crippen LogP contribution in [0, 0.1) is 5.92 Å². The molecule has 0 aliphatic heterocycles. The lowest BCUT2D eigenvalue weighted by Crippen LogP contribution is -2.49. The van der Waals surface area contributed by atoms with Gasteiger partial charge in [-0.2, -0.15) is 18.3 Å². The van der Waals surface area contributed by atoms with Gasteiger partial charge in [0.25, 0.3) is 5.91 Å². The Bertz CT molecular complexity index is 1240.